The molecule has 2 rings (SSSR count). The van der Waals surface area contributed by atoms with Crippen molar-refractivity contribution in [2.45, 2.75) is 26.2 Å². The number of fused-ring (bicyclic) bond motifs is 1. The number of nitrogens with zero attached hydrogens (tertiary/aromatic N) is 2. The van der Waals surface area contributed by atoms with Gasteiger partial charge >= 0.3 is 0 Å². The third kappa shape index (κ3) is 7.22. The van der Waals surface area contributed by atoms with Gasteiger partial charge in [0.25, 0.3) is 0 Å². The van der Waals surface area contributed by atoms with Crippen molar-refractivity contribution in [2.75, 3.05) is 60.1 Å². The van der Waals surface area contributed by atoms with E-state index in [4.69, 9.17) is 9.47 Å². The van der Waals surface area contributed by atoms with E-state index in [9.17, 15) is 0 Å². The van der Waals surface area contributed by atoms with Gasteiger partial charge in [-0.25, -0.2) is 0 Å². The quantitative estimate of drug-likeness (QED) is 0.356. The summed E-state index contributed by atoms with van der Waals surface area (Å²) in [5, 5.41) is 6.75. The fraction of sp³-hybridized carbons (Fsp3) is 0.650. The Labute approximate surface area is 158 Å². The van der Waals surface area contributed by atoms with Crippen LogP contribution in [0.15, 0.2) is 23.2 Å². The first-order valence-corrected chi connectivity index (χ1v) is 9.67. The molecule has 0 fully saturated rings. The number of hydrogen-bond acceptors (Lipinski definition) is 4. The lowest BCUT2D eigenvalue weighted by atomic mass is 10.1. The number of hydrogen-bond donors (Lipinski definition) is 2. The summed E-state index contributed by atoms with van der Waals surface area (Å²) in [7, 11) is 3.87. The molecule has 0 unspecified atom stereocenters. The molecule has 0 saturated carbocycles. The highest BCUT2D eigenvalue weighted by atomic mass is 16.5. The predicted octanol–water partition coefficient (Wildman–Crippen LogP) is 1.69. The van der Waals surface area contributed by atoms with Crippen LogP contribution in [0, 0.1) is 0 Å². The lowest BCUT2D eigenvalue weighted by molar-refractivity contribution is 0.180. The SMILES string of the molecule is CCNC(=NCCN(C)CCCOC)NCCc1ccc2c(c1)CCO2. The zero-order valence-corrected chi connectivity index (χ0v) is 16.5. The van der Waals surface area contributed by atoms with Gasteiger partial charge in [0.2, 0.25) is 0 Å². The maximum atomic E-state index is 5.57. The first-order valence-electron chi connectivity index (χ1n) is 9.67. The second-order valence-electron chi connectivity index (χ2n) is 6.63. The van der Waals surface area contributed by atoms with Crippen molar-refractivity contribution in [1.29, 1.82) is 0 Å². The number of likely N-dealkylation sites (N-methyl/N-ethyl adjacent to an activating group) is 1. The normalized spacial score (nSPS) is 13.6. The van der Waals surface area contributed by atoms with Gasteiger partial charge in [0.15, 0.2) is 5.96 Å². The third-order valence-corrected chi connectivity index (χ3v) is 4.44. The minimum Gasteiger partial charge on any atom is -0.493 e. The summed E-state index contributed by atoms with van der Waals surface area (Å²) in [5.74, 6) is 1.94. The Balaban J connectivity index is 1.71. The molecule has 2 N–H and O–H groups in total. The summed E-state index contributed by atoms with van der Waals surface area (Å²) >= 11 is 0. The molecule has 1 heterocycles. The van der Waals surface area contributed by atoms with E-state index in [0.717, 1.165) is 76.9 Å². The van der Waals surface area contributed by atoms with Gasteiger partial charge in [-0.3, -0.25) is 4.99 Å². The van der Waals surface area contributed by atoms with E-state index < -0.39 is 0 Å². The van der Waals surface area contributed by atoms with Crippen LogP contribution < -0.4 is 15.4 Å². The average molecular weight is 363 g/mol. The second kappa shape index (κ2) is 11.8. The highest BCUT2D eigenvalue weighted by molar-refractivity contribution is 5.79. The van der Waals surface area contributed by atoms with Crippen LogP contribution in [0.25, 0.3) is 0 Å². The van der Waals surface area contributed by atoms with Crippen LogP contribution in [-0.4, -0.2) is 71.0 Å². The van der Waals surface area contributed by atoms with Crippen molar-refractivity contribution in [3.05, 3.63) is 29.3 Å². The maximum absolute atomic E-state index is 5.57. The summed E-state index contributed by atoms with van der Waals surface area (Å²) < 4.78 is 10.7. The molecule has 0 spiro atoms. The minimum absolute atomic E-state index is 0.787. The first-order chi connectivity index (χ1) is 12.7. The summed E-state index contributed by atoms with van der Waals surface area (Å²) in [4.78, 5) is 6.96. The van der Waals surface area contributed by atoms with E-state index in [0.29, 0.717) is 0 Å². The number of ether oxygens (including phenoxy) is 2. The number of benzene rings is 1. The third-order valence-electron chi connectivity index (χ3n) is 4.44. The van der Waals surface area contributed by atoms with Gasteiger partial charge in [0, 0.05) is 46.3 Å². The average Bonchev–Trinajstić information content (AvgIpc) is 3.10. The van der Waals surface area contributed by atoms with Gasteiger partial charge in [-0.05, 0) is 44.0 Å². The van der Waals surface area contributed by atoms with E-state index in [1.54, 1.807) is 7.11 Å². The molecule has 0 bridgehead atoms. The van der Waals surface area contributed by atoms with E-state index in [1.807, 2.05) is 0 Å². The summed E-state index contributed by atoms with van der Waals surface area (Å²) in [5.41, 5.74) is 2.68. The van der Waals surface area contributed by atoms with Gasteiger partial charge in [-0.1, -0.05) is 12.1 Å². The van der Waals surface area contributed by atoms with E-state index in [1.165, 1.54) is 11.1 Å². The standard InChI is InChI=1S/C20H34N4O2/c1-4-21-20(23-11-13-24(2)12-5-14-25-3)22-10-8-17-6-7-19-18(16-17)9-15-26-19/h6-7,16H,4-5,8-15H2,1-3H3,(H2,21,22,23). The highest BCUT2D eigenvalue weighted by Gasteiger charge is 2.11. The smallest absolute Gasteiger partial charge is 0.191 e. The molecular formula is C20H34N4O2. The summed E-state index contributed by atoms with van der Waals surface area (Å²) in [6.07, 6.45) is 3.06. The minimum atomic E-state index is 0.787. The maximum Gasteiger partial charge on any atom is 0.191 e. The monoisotopic (exact) mass is 362 g/mol. The Hall–Kier alpha value is -1.79. The lowest BCUT2D eigenvalue weighted by Gasteiger charge is -2.16. The Morgan fingerprint density at radius 1 is 1.31 bits per heavy atom. The van der Waals surface area contributed by atoms with Crippen LogP contribution in [0.4, 0.5) is 0 Å². The van der Waals surface area contributed by atoms with Gasteiger partial charge in [0.1, 0.15) is 5.75 Å². The zero-order valence-electron chi connectivity index (χ0n) is 16.5. The summed E-state index contributed by atoms with van der Waals surface area (Å²) in [6.45, 7) is 8.23. The van der Waals surface area contributed by atoms with Crippen molar-refractivity contribution in [3.63, 3.8) is 0 Å². The molecule has 1 aromatic rings. The number of methoxy groups -OCH3 is 1. The Bertz CT molecular complexity index is 563. The molecule has 6 nitrogen and oxygen atoms in total. The van der Waals surface area contributed by atoms with E-state index >= 15 is 0 Å². The van der Waals surface area contributed by atoms with Crippen LogP contribution in [0.2, 0.25) is 0 Å². The van der Waals surface area contributed by atoms with Crippen molar-refractivity contribution >= 4 is 5.96 Å². The molecule has 146 valence electrons. The largest absolute Gasteiger partial charge is 0.493 e. The van der Waals surface area contributed by atoms with Crippen molar-refractivity contribution in [2.24, 2.45) is 4.99 Å². The van der Waals surface area contributed by atoms with Crippen molar-refractivity contribution in [3.8, 4) is 5.75 Å². The van der Waals surface area contributed by atoms with Crippen LogP contribution in [0.5, 0.6) is 5.75 Å². The van der Waals surface area contributed by atoms with Gasteiger partial charge in [-0.2, -0.15) is 0 Å². The molecule has 0 amide bonds. The molecule has 6 heteroatoms. The number of nitrogens with one attached hydrogen (secondary N) is 2. The zero-order chi connectivity index (χ0) is 18.6. The van der Waals surface area contributed by atoms with E-state index in [-0.39, 0.29) is 0 Å². The number of rotatable bonds is 11. The fourth-order valence-electron chi connectivity index (χ4n) is 2.99. The lowest BCUT2D eigenvalue weighted by Crippen LogP contribution is -2.39. The number of aliphatic imine (C=N–C) groups is 1. The van der Waals surface area contributed by atoms with Crippen LogP contribution in [0.1, 0.15) is 24.5 Å². The van der Waals surface area contributed by atoms with Crippen LogP contribution >= 0.6 is 0 Å². The molecule has 0 radical (unpaired) electrons. The van der Waals surface area contributed by atoms with Gasteiger partial charge < -0.3 is 25.0 Å². The highest BCUT2D eigenvalue weighted by Crippen LogP contribution is 2.25. The first kappa shape index (κ1) is 20.5. The van der Waals surface area contributed by atoms with Crippen LogP contribution in [-0.2, 0) is 17.6 Å². The predicted molar refractivity (Wildman–Crippen MR) is 107 cm³/mol. The topological polar surface area (TPSA) is 58.1 Å². The Kier molecular flexibility index (Phi) is 9.28. The second-order valence-corrected chi connectivity index (χ2v) is 6.63. The van der Waals surface area contributed by atoms with Crippen LogP contribution in [0.3, 0.4) is 0 Å². The molecule has 0 aromatic heterocycles. The molecule has 0 saturated heterocycles. The molecule has 1 aliphatic rings. The molecule has 1 aliphatic heterocycles. The van der Waals surface area contributed by atoms with E-state index in [2.05, 4.69) is 52.7 Å². The molecule has 1 aromatic carbocycles. The molecule has 0 atom stereocenters. The van der Waals surface area contributed by atoms with Gasteiger partial charge in [0.05, 0.1) is 13.2 Å². The number of guanidine groups is 1. The molecule has 26 heavy (non-hydrogen) atoms. The Morgan fingerprint density at radius 2 is 2.19 bits per heavy atom. The van der Waals surface area contributed by atoms with Crippen molar-refractivity contribution in [1.82, 2.24) is 15.5 Å². The summed E-state index contributed by atoms with van der Waals surface area (Å²) in [6, 6.07) is 6.52. The van der Waals surface area contributed by atoms with Gasteiger partial charge in [-0.15, -0.1) is 0 Å². The fourth-order valence-corrected chi connectivity index (χ4v) is 2.99. The Morgan fingerprint density at radius 3 is 3.00 bits per heavy atom. The van der Waals surface area contributed by atoms with Crippen molar-refractivity contribution < 1.29 is 9.47 Å². The molecule has 0 aliphatic carbocycles. The molecular weight excluding hydrogens is 328 g/mol.